The lowest BCUT2D eigenvalue weighted by molar-refractivity contribution is -0.171. The summed E-state index contributed by atoms with van der Waals surface area (Å²) in [6.45, 7) is -3.02. The number of benzene rings is 2. The Morgan fingerprint density at radius 3 is 2.48 bits per heavy atom. The zero-order valence-corrected chi connectivity index (χ0v) is 16.8. The lowest BCUT2D eigenvalue weighted by Crippen LogP contribution is -2.28. The summed E-state index contributed by atoms with van der Waals surface area (Å²) in [4.78, 5) is 1.91. The monoisotopic (exact) mass is 411 g/mol. The third-order valence-corrected chi connectivity index (χ3v) is 4.39. The van der Waals surface area contributed by atoms with Crippen LogP contribution in [0.5, 0.6) is 11.5 Å². The highest BCUT2D eigenvalue weighted by Crippen LogP contribution is 2.22. The molecule has 0 radical (unpaired) electrons. The van der Waals surface area contributed by atoms with E-state index in [1.165, 1.54) is 0 Å². The van der Waals surface area contributed by atoms with Crippen LogP contribution in [-0.2, 0) is 17.6 Å². The van der Waals surface area contributed by atoms with Crippen LogP contribution in [0.1, 0.15) is 17.5 Å². The number of ether oxygens (including phenoxy) is 3. The van der Waals surface area contributed by atoms with Crippen LogP contribution < -0.4 is 9.47 Å². The van der Waals surface area contributed by atoms with Crippen LogP contribution in [-0.4, -0.2) is 51.7 Å². The average molecular weight is 411 g/mol. The molecular weight excluding hydrogens is 383 g/mol. The van der Waals surface area contributed by atoms with Gasteiger partial charge in [0.25, 0.3) is 0 Å². The van der Waals surface area contributed by atoms with E-state index in [1.54, 1.807) is 12.1 Å². The molecule has 0 fully saturated rings. The third-order valence-electron chi connectivity index (χ3n) is 4.39. The van der Waals surface area contributed by atoms with Crippen molar-refractivity contribution < 1.29 is 27.4 Å². The van der Waals surface area contributed by atoms with Crippen molar-refractivity contribution in [1.82, 2.24) is 4.90 Å². The molecule has 0 aliphatic carbocycles. The Bertz CT molecular complexity index is 728. The smallest absolute Gasteiger partial charge is 0.345 e. The van der Waals surface area contributed by atoms with E-state index >= 15 is 0 Å². The second-order valence-electron chi connectivity index (χ2n) is 6.93. The first-order valence-corrected chi connectivity index (χ1v) is 9.54. The largest absolute Gasteiger partial charge is 0.491 e. The van der Waals surface area contributed by atoms with Gasteiger partial charge in [0.05, 0.1) is 6.10 Å². The molecule has 0 amide bonds. The molecule has 0 aliphatic heterocycles. The Morgan fingerprint density at radius 1 is 0.966 bits per heavy atom. The second kappa shape index (κ2) is 12.3. The van der Waals surface area contributed by atoms with E-state index in [-0.39, 0.29) is 6.61 Å². The Labute approximate surface area is 170 Å². The van der Waals surface area contributed by atoms with Crippen molar-refractivity contribution in [2.75, 3.05) is 34.1 Å². The average Bonchev–Trinajstić information content (AvgIpc) is 2.69. The topological polar surface area (TPSA) is 30.9 Å². The summed E-state index contributed by atoms with van der Waals surface area (Å²) < 4.78 is 53.1. The molecule has 0 N–H and O–H groups in total. The number of hydrogen-bond acceptors (Lipinski definition) is 4. The minimum atomic E-state index is -2.83. The number of halogens is 3. The lowest BCUT2D eigenvalue weighted by atomic mass is 10.0. The van der Waals surface area contributed by atoms with Crippen LogP contribution in [0.3, 0.4) is 0 Å². The summed E-state index contributed by atoms with van der Waals surface area (Å²) in [5.41, 5.74) is 1.98. The lowest BCUT2D eigenvalue weighted by Gasteiger charge is -2.21. The van der Waals surface area contributed by atoms with Gasteiger partial charge in [0, 0.05) is 6.54 Å². The Hall–Kier alpha value is -2.25. The third kappa shape index (κ3) is 8.75. The molecule has 0 bridgehead atoms. The van der Waals surface area contributed by atoms with E-state index in [0.717, 1.165) is 11.1 Å². The predicted molar refractivity (Wildman–Crippen MR) is 106 cm³/mol. The van der Waals surface area contributed by atoms with Crippen LogP contribution in [0.4, 0.5) is 13.2 Å². The molecule has 160 valence electrons. The number of para-hydroxylation sites is 1. The van der Waals surface area contributed by atoms with Crippen LogP contribution in [0.2, 0.25) is 0 Å². The summed E-state index contributed by atoms with van der Waals surface area (Å²) in [6, 6.07) is 14.8. The fourth-order valence-corrected chi connectivity index (χ4v) is 2.91. The number of aryl methyl sites for hydroxylation is 2. The van der Waals surface area contributed by atoms with E-state index in [9.17, 15) is 13.2 Å². The summed E-state index contributed by atoms with van der Waals surface area (Å²) in [7, 11) is 3.76. The molecule has 0 heterocycles. The minimum absolute atomic E-state index is 0.0506. The molecule has 0 saturated heterocycles. The Balaban J connectivity index is 1.97. The van der Waals surface area contributed by atoms with E-state index in [0.29, 0.717) is 37.3 Å². The minimum Gasteiger partial charge on any atom is -0.491 e. The number of hydrogen-bond donors (Lipinski definition) is 0. The molecule has 0 saturated carbocycles. The van der Waals surface area contributed by atoms with Gasteiger partial charge in [-0.1, -0.05) is 30.3 Å². The van der Waals surface area contributed by atoms with Gasteiger partial charge in [-0.2, -0.15) is 8.78 Å². The zero-order chi connectivity index (χ0) is 21.1. The van der Waals surface area contributed by atoms with E-state index in [4.69, 9.17) is 14.2 Å². The predicted octanol–water partition coefficient (Wildman–Crippen LogP) is 4.72. The summed E-state index contributed by atoms with van der Waals surface area (Å²) >= 11 is 0. The van der Waals surface area contributed by atoms with Gasteiger partial charge in [0.15, 0.2) is 0 Å². The number of alkyl halides is 3. The van der Waals surface area contributed by atoms with Gasteiger partial charge in [-0.05, 0) is 62.7 Å². The van der Waals surface area contributed by atoms with Crippen LogP contribution in [0, 0.1) is 0 Å². The number of nitrogens with zero attached hydrogens (tertiary/aromatic N) is 1. The highest BCUT2D eigenvalue weighted by Gasteiger charge is 2.17. The van der Waals surface area contributed by atoms with Crippen LogP contribution in [0.15, 0.2) is 48.5 Å². The Kier molecular flexibility index (Phi) is 9.80. The van der Waals surface area contributed by atoms with Gasteiger partial charge < -0.3 is 19.1 Å². The molecule has 7 heteroatoms. The summed E-state index contributed by atoms with van der Waals surface area (Å²) in [6.07, 6.45) is 1.15. The van der Waals surface area contributed by atoms with E-state index < -0.39 is 19.6 Å². The van der Waals surface area contributed by atoms with Crippen molar-refractivity contribution in [2.45, 2.75) is 32.0 Å². The van der Waals surface area contributed by atoms with Crippen molar-refractivity contribution >= 4 is 0 Å². The maximum absolute atomic E-state index is 12.7. The zero-order valence-electron chi connectivity index (χ0n) is 16.8. The molecular formula is C22H28F3NO3. The summed E-state index contributed by atoms with van der Waals surface area (Å²) in [5, 5.41) is 0. The van der Waals surface area contributed by atoms with Crippen LogP contribution >= 0.6 is 0 Å². The molecule has 29 heavy (non-hydrogen) atoms. The molecule has 0 aromatic heterocycles. The van der Waals surface area contributed by atoms with Gasteiger partial charge in [-0.15, -0.1) is 0 Å². The standard InChI is InChI=1S/C22H28F3NO3/c1-26(2)13-12-20(29-22(24)25)15-27-21-9-4-3-7-18(21)11-10-17-6-5-8-19(14-17)28-16-23/h3-9,14,20,22H,10-13,15-16H2,1-2H3. The molecule has 0 spiro atoms. The van der Waals surface area contributed by atoms with Crippen molar-refractivity contribution in [3.05, 3.63) is 59.7 Å². The molecule has 1 unspecified atom stereocenters. The van der Waals surface area contributed by atoms with Gasteiger partial charge in [0.2, 0.25) is 6.86 Å². The normalized spacial score (nSPS) is 12.4. The van der Waals surface area contributed by atoms with E-state index in [1.807, 2.05) is 55.4 Å². The molecule has 0 aliphatic rings. The highest BCUT2D eigenvalue weighted by atomic mass is 19.3. The van der Waals surface area contributed by atoms with Gasteiger partial charge in [0.1, 0.15) is 18.1 Å². The van der Waals surface area contributed by atoms with Gasteiger partial charge in [-0.3, -0.25) is 0 Å². The fourth-order valence-electron chi connectivity index (χ4n) is 2.91. The maximum atomic E-state index is 12.7. The number of rotatable bonds is 13. The first-order chi connectivity index (χ1) is 14.0. The second-order valence-corrected chi connectivity index (χ2v) is 6.93. The quantitative estimate of drug-likeness (QED) is 0.477. The first-order valence-electron chi connectivity index (χ1n) is 9.54. The van der Waals surface area contributed by atoms with Gasteiger partial charge in [-0.25, -0.2) is 4.39 Å². The van der Waals surface area contributed by atoms with Crippen LogP contribution in [0.25, 0.3) is 0 Å². The van der Waals surface area contributed by atoms with Gasteiger partial charge >= 0.3 is 6.61 Å². The van der Waals surface area contributed by atoms with E-state index in [2.05, 4.69) is 0 Å². The summed E-state index contributed by atoms with van der Waals surface area (Å²) in [5.74, 6) is 1.14. The van der Waals surface area contributed by atoms with Crippen molar-refractivity contribution in [2.24, 2.45) is 0 Å². The molecule has 2 aromatic carbocycles. The van der Waals surface area contributed by atoms with Crippen molar-refractivity contribution in [1.29, 1.82) is 0 Å². The molecule has 2 aromatic rings. The Morgan fingerprint density at radius 2 is 1.76 bits per heavy atom. The first kappa shape index (κ1) is 23.0. The molecule has 4 nitrogen and oxygen atoms in total. The molecule has 1 atom stereocenters. The fraction of sp³-hybridized carbons (Fsp3) is 0.455. The molecule has 2 rings (SSSR count). The SMILES string of the molecule is CN(C)CCC(COc1ccccc1CCc1cccc(OCF)c1)OC(F)F. The highest BCUT2D eigenvalue weighted by molar-refractivity contribution is 5.35. The van der Waals surface area contributed by atoms with Crippen molar-refractivity contribution in [3.63, 3.8) is 0 Å². The van der Waals surface area contributed by atoms with Crippen molar-refractivity contribution in [3.8, 4) is 11.5 Å². The maximum Gasteiger partial charge on any atom is 0.345 e.